The molecule has 1 aromatic rings. The Balaban J connectivity index is 1.98. The van der Waals surface area contributed by atoms with Gasteiger partial charge in [-0.2, -0.15) is 11.8 Å². The highest BCUT2D eigenvalue weighted by atomic mass is 32.2. The second-order valence-electron chi connectivity index (χ2n) is 4.97. The Hall–Kier alpha value is -1.07. The summed E-state index contributed by atoms with van der Waals surface area (Å²) in [5.74, 6) is 0.721. The summed E-state index contributed by atoms with van der Waals surface area (Å²) in [6, 6.07) is 4.47. The van der Waals surface area contributed by atoms with Crippen molar-refractivity contribution in [3.8, 4) is 5.75 Å². The van der Waals surface area contributed by atoms with Gasteiger partial charge >= 0.3 is 0 Å². The highest BCUT2D eigenvalue weighted by Gasteiger charge is 2.20. The summed E-state index contributed by atoms with van der Waals surface area (Å²) in [6.07, 6.45) is 0.328. The Morgan fingerprint density at radius 1 is 1.55 bits per heavy atom. The monoisotopic (exact) mass is 297 g/mol. The van der Waals surface area contributed by atoms with Crippen LogP contribution in [0.25, 0.3) is 0 Å². The molecule has 0 saturated carbocycles. The van der Waals surface area contributed by atoms with E-state index in [0.29, 0.717) is 24.0 Å². The zero-order valence-electron chi connectivity index (χ0n) is 11.9. The van der Waals surface area contributed by atoms with Gasteiger partial charge in [-0.1, -0.05) is 13.0 Å². The topological polar surface area (TPSA) is 29.5 Å². The van der Waals surface area contributed by atoms with Gasteiger partial charge in [0, 0.05) is 37.1 Å². The minimum atomic E-state index is -0.503. The fraction of sp³-hybridized carbons (Fsp3) is 0.533. The molecular formula is C15H20FNO2S. The molecule has 1 unspecified atom stereocenters. The van der Waals surface area contributed by atoms with Crippen LogP contribution in [0.3, 0.4) is 0 Å². The predicted octanol–water partition coefficient (Wildman–Crippen LogP) is 2.84. The second kappa shape index (κ2) is 7.09. The van der Waals surface area contributed by atoms with Crippen molar-refractivity contribution in [1.82, 2.24) is 4.90 Å². The number of carbonyl (C=O) groups excluding carboxylic acids is 1. The van der Waals surface area contributed by atoms with Gasteiger partial charge in [0.15, 0.2) is 5.78 Å². The summed E-state index contributed by atoms with van der Waals surface area (Å²) in [7, 11) is 1.45. The number of rotatable bonds is 5. The fourth-order valence-electron chi connectivity index (χ4n) is 2.42. The number of hydrogen-bond donors (Lipinski definition) is 0. The first kappa shape index (κ1) is 15.3. The van der Waals surface area contributed by atoms with Crippen LogP contribution in [0.15, 0.2) is 18.2 Å². The van der Waals surface area contributed by atoms with E-state index in [0.717, 1.165) is 18.8 Å². The molecule has 5 heteroatoms. The number of halogens is 1. The van der Waals surface area contributed by atoms with Gasteiger partial charge in [0.25, 0.3) is 0 Å². The molecule has 1 aromatic carbocycles. The van der Waals surface area contributed by atoms with Gasteiger partial charge in [-0.3, -0.25) is 4.79 Å². The molecule has 1 aliphatic rings. The molecule has 0 aromatic heterocycles. The molecule has 1 aliphatic heterocycles. The lowest BCUT2D eigenvalue weighted by atomic mass is 10.1. The van der Waals surface area contributed by atoms with Gasteiger partial charge < -0.3 is 9.64 Å². The molecule has 3 nitrogen and oxygen atoms in total. The van der Waals surface area contributed by atoms with E-state index in [4.69, 9.17) is 4.74 Å². The highest BCUT2D eigenvalue weighted by Crippen LogP contribution is 2.23. The summed E-state index contributed by atoms with van der Waals surface area (Å²) < 4.78 is 18.9. The lowest BCUT2D eigenvalue weighted by Gasteiger charge is -2.30. The molecule has 110 valence electrons. The molecule has 1 fully saturated rings. The number of ketones is 1. The highest BCUT2D eigenvalue weighted by molar-refractivity contribution is 7.99. The Kier molecular flexibility index (Phi) is 5.43. The van der Waals surface area contributed by atoms with Crippen molar-refractivity contribution in [3.63, 3.8) is 0 Å². The number of nitrogens with zero attached hydrogens (tertiary/aromatic N) is 1. The molecule has 2 rings (SSSR count). The number of thioether (sulfide) groups is 1. The summed E-state index contributed by atoms with van der Waals surface area (Å²) in [4.78, 5) is 14.5. The summed E-state index contributed by atoms with van der Waals surface area (Å²) in [5, 5.41) is 0.599. The van der Waals surface area contributed by atoms with Crippen molar-refractivity contribution in [2.75, 3.05) is 32.5 Å². The average Bonchev–Trinajstić information content (AvgIpc) is 2.44. The van der Waals surface area contributed by atoms with Crippen molar-refractivity contribution in [2.45, 2.75) is 18.6 Å². The first-order chi connectivity index (χ1) is 9.61. The molecule has 1 saturated heterocycles. The fourth-order valence-corrected chi connectivity index (χ4v) is 3.51. The van der Waals surface area contributed by atoms with Crippen molar-refractivity contribution in [2.24, 2.45) is 0 Å². The van der Waals surface area contributed by atoms with Crippen molar-refractivity contribution < 1.29 is 13.9 Å². The van der Waals surface area contributed by atoms with Crippen LogP contribution in [0, 0.1) is 5.82 Å². The van der Waals surface area contributed by atoms with Crippen LogP contribution in [0.1, 0.15) is 23.7 Å². The van der Waals surface area contributed by atoms with E-state index in [1.807, 2.05) is 11.8 Å². The van der Waals surface area contributed by atoms with Gasteiger partial charge in [-0.25, -0.2) is 4.39 Å². The van der Waals surface area contributed by atoms with E-state index in [9.17, 15) is 9.18 Å². The lowest BCUT2D eigenvalue weighted by Crippen LogP contribution is -2.37. The third-order valence-electron chi connectivity index (χ3n) is 3.45. The molecule has 0 aliphatic carbocycles. The van der Waals surface area contributed by atoms with Gasteiger partial charge in [0.2, 0.25) is 0 Å². The van der Waals surface area contributed by atoms with Crippen LogP contribution >= 0.6 is 11.8 Å². The Labute approximate surface area is 123 Å². The summed E-state index contributed by atoms with van der Waals surface area (Å²) >= 11 is 1.95. The van der Waals surface area contributed by atoms with Crippen LogP contribution in [-0.4, -0.2) is 48.4 Å². The Morgan fingerprint density at radius 3 is 3.05 bits per heavy atom. The quantitative estimate of drug-likeness (QED) is 0.782. The Bertz CT molecular complexity index is 481. The van der Waals surface area contributed by atoms with Crippen LogP contribution < -0.4 is 4.74 Å². The zero-order chi connectivity index (χ0) is 14.5. The van der Waals surface area contributed by atoms with Crippen molar-refractivity contribution in [1.29, 1.82) is 0 Å². The van der Waals surface area contributed by atoms with E-state index in [-0.39, 0.29) is 11.3 Å². The molecule has 0 bridgehead atoms. The SMILES string of the molecule is COc1cccc(F)c1C(=O)CCN1CCSC(C)C1. The maximum atomic E-state index is 13.8. The minimum Gasteiger partial charge on any atom is -0.496 e. The zero-order valence-corrected chi connectivity index (χ0v) is 12.7. The van der Waals surface area contributed by atoms with E-state index >= 15 is 0 Å². The van der Waals surface area contributed by atoms with Crippen molar-refractivity contribution >= 4 is 17.5 Å². The number of benzene rings is 1. The van der Waals surface area contributed by atoms with E-state index in [1.165, 1.54) is 13.2 Å². The number of carbonyl (C=O) groups is 1. The number of hydrogen-bond acceptors (Lipinski definition) is 4. The molecule has 0 amide bonds. The molecule has 1 atom stereocenters. The van der Waals surface area contributed by atoms with Crippen LogP contribution in [0.2, 0.25) is 0 Å². The van der Waals surface area contributed by atoms with Crippen LogP contribution in [0.5, 0.6) is 5.75 Å². The standard InChI is InChI=1S/C15H20FNO2S/c1-11-10-17(8-9-20-11)7-6-13(18)15-12(16)4-3-5-14(15)19-2/h3-5,11H,6-10H2,1-2H3. The first-order valence-electron chi connectivity index (χ1n) is 6.81. The minimum absolute atomic E-state index is 0.0782. The maximum absolute atomic E-state index is 13.8. The van der Waals surface area contributed by atoms with Gasteiger partial charge in [0.05, 0.1) is 12.7 Å². The van der Waals surface area contributed by atoms with Crippen LogP contribution in [-0.2, 0) is 0 Å². The molecular weight excluding hydrogens is 277 g/mol. The van der Waals surface area contributed by atoms with E-state index < -0.39 is 5.82 Å². The van der Waals surface area contributed by atoms with Gasteiger partial charge in [0.1, 0.15) is 11.6 Å². The van der Waals surface area contributed by atoms with Gasteiger partial charge in [-0.15, -0.1) is 0 Å². The molecule has 1 heterocycles. The third kappa shape index (κ3) is 3.73. The van der Waals surface area contributed by atoms with Gasteiger partial charge in [-0.05, 0) is 12.1 Å². The largest absolute Gasteiger partial charge is 0.496 e. The second-order valence-corrected chi connectivity index (χ2v) is 6.52. The van der Waals surface area contributed by atoms with Crippen molar-refractivity contribution in [3.05, 3.63) is 29.6 Å². The first-order valence-corrected chi connectivity index (χ1v) is 7.86. The normalized spacial score (nSPS) is 19.9. The molecule has 0 spiro atoms. The number of Topliss-reactive ketones (excluding diaryl/α,β-unsaturated/α-hetero) is 1. The predicted molar refractivity (Wildman–Crippen MR) is 80.3 cm³/mol. The molecule has 20 heavy (non-hydrogen) atoms. The molecule has 0 N–H and O–H groups in total. The number of methoxy groups -OCH3 is 1. The van der Waals surface area contributed by atoms with Crippen LogP contribution in [0.4, 0.5) is 4.39 Å². The average molecular weight is 297 g/mol. The summed E-state index contributed by atoms with van der Waals surface area (Å²) in [5.41, 5.74) is 0.0782. The maximum Gasteiger partial charge on any atom is 0.170 e. The van der Waals surface area contributed by atoms with E-state index in [1.54, 1.807) is 12.1 Å². The van der Waals surface area contributed by atoms with E-state index in [2.05, 4.69) is 11.8 Å². The molecule has 0 radical (unpaired) electrons. The third-order valence-corrected chi connectivity index (χ3v) is 4.59. The number of ether oxygens (including phenoxy) is 1. The Morgan fingerprint density at radius 2 is 2.35 bits per heavy atom. The smallest absolute Gasteiger partial charge is 0.170 e. The lowest BCUT2D eigenvalue weighted by molar-refractivity contribution is 0.0958. The summed E-state index contributed by atoms with van der Waals surface area (Å²) in [6.45, 7) is 4.86.